The number of ether oxygens (including phenoxy) is 1. The van der Waals surface area contributed by atoms with Gasteiger partial charge in [0.05, 0.1) is 12.6 Å². The summed E-state index contributed by atoms with van der Waals surface area (Å²) in [4.78, 5) is 47.8. The number of rotatable bonds is 22. The molecule has 13 heteroatoms. The van der Waals surface area contributed by atoms with E-state index in [1.54, 1.807) is 0 Å². The summed E-state index contributed by atoms with van der Waals surface area (Å²) in [6.45, 7) is 2.81. The Kier molecular flexibility index (Phi) is 20.4. The number of hydrogen-bond donors (Lipinski definition) is 7. The highest BCUT2D eigenvalue weighted by molar-refractivity contribution is 7.99. The minimum atomic E-state index is -1.28. The Bertz CT molecular complexity index is 876. The van der Waals surface area contributed by atoms with Crippen molar-refractivity contribution in [1.29, 1.82) is 0 Å². The van der Waals surface area contributed by atoms with Crippen LogP contribution in [-0.4, -0.2) is 101 Å². The molecule has 260 valence electrons. The molecular weight excluding hydrogens is 600 g/mol. The van der Waals surface area contributed by atoms with E-state index >= 15 is 0 Å². The van der Waals surface area contributed by atoms with Gasteiger partial charge in [0.15, 0.2) is 0 Å². The molecule has 2 fully saturated rings. The van der Waals surface area contributed by atoms with Crippen LogP contribution in [0.5, 0.6) is 0 Å². The zero-order valence-corrected chi connectivity index (χ0v) is 27.9. The minimum absolute atomic E-state index is 0.0275. The molecular formula is C32H58N4O8S. The average molecular weight is 659 g/mol. The molecule has 1 saturated carbocycles. The third kappa shape index (κ3) is 16.5. The Balaban J connectivity index is 1.39. The molecule has 2 rings (SSSR count). The van der Waals surface area contributed by atoms with Crippen LogP contribution in [0, 0.1) is 5.92 Å². The Labute approximate surface area is 273 Å². The summed E-state index contributed by atoms with van der Waals surface area (Å²) in [6.07, 6.45) is 10.8. The van der Waals surface area contributed by atoms with E-state index in [0.29, 0.717) is 38.2 Å². The van der Waals surface area contributed by atoms with Crippen molar-refractivity contribution in [3.63, 3.8) is 0 Å². The lowest BCUT2D eigenvalue weighted by Crippen LogP contribution is -2.63. The second-order valence-corrected chi connectivity index (χ2v) is 13.5. The number of nitrogens with one attached hydrogen (secondary N) is 4. The first-order valence-corrected chi connectivity index (χ1v) is 18.1. The van der Waals surface area contributed by atoms with Gasteiger partial charge in [0.2, 0.25) is 23.6 Å². The second kappa shape index (κ2) is 23.4. The molecule has 1 heterocycles. The lowest BCUT2D eigenvalue weighted by molar-refractivity contribution is -0.173. The SMILES string of the molecule is CC(=O)NC1C(SCCCCCNC(=O)CCCCCNC(=O)CCCCCNC(=O)C2CCCCC2)OC(CO)C(O)C1O. The summed E-state index contributed by atoms with van der Waals surface area (Å²) in [6, 6.07) is -0.770. The molecule has 0 aromatic heterocycles. The predicted molar refractivity (Wildman–Crippen MR) is 174 cm³/mol. The fourth-order valence-electron chi connectivity index (χ4n) is 5.74. The zero-order valence-electron chi connectivity index (χ0n) is 27.1. The van der Waals surface area contributed by atoms with Crippen LogP contribution in [0.4, 0.5) is 0 Å². The number of unbranched alkanes of at least 4 members (excludes halogenated alkanes) is 6. The molecule has 1 aliphatic carbocycles. The van der Waals surface area contributed by atoms with E-state index in [1.165, 1.54) is 25.1 Å². The van der Waals surface area contributed by atoms with E-state index < -0.39 is 36.4 Å². The summed E-state index contributed by atoms with van der Waals surface area (Å²) in [5.74, 6) is 0.840. The smallest absolute Gasteiger partial charge is 0.223 e. The first-order valence-electron chi connectivity index (χ1n) is 17.0. The van der Waals surface area contributed by atoms with Crippen LogP contribution in [0.15, 0.2) is 0 Å². The molecule has 7 N–H and O–H groups in total. The lowest BCUT2D eigenvalue weighted by Gasteiger charge is -2.42. The quantitative estimate of drug-likeness (QED) is 0.0853. The monoisotopic (exact) mass is 658 g/mol. The number of aliphatic hydroxyl groups is 3. The van der Waals surface area contributed by atoms with Crippen LogP contribution in [0.2, 0.25) is 0 Å². The predicted octanol–water partition coefficient (Wildman–Crippen LogP) is 1.88. The summed E-state index contributed by atoms with van der Waals surface area (Å²) in [5, 5.41) is 41.5. The van der Waals surface area contributed by atoms with Crippen LogP contribution in [0.1, 0.15) is 110 Å². The number of carbonyl (C=O) groups excluding carboxylic acids is 4. The Morgan fingerprint density at radius 2 is 1.29 bits per heavy atom. The van der Waals surface area contributed by atoms with E-state index in [2.05, 4.69) is 21.3 Å². The van der Waals surface area contributed by atoms with E-state index in [9.17, 15) is 34.5 Å². The van der Waals surface area contributed by atoms with Gasteiger partial charge < -0.3 is 41.3 Å². The molecule has 4 amide bonds. The van der Waals surface area contributed by atoms with Crippen LogP contribution in [0.3, 0.4) is 0 Å². The molecule has 1 aliphatic heterocycles. The molecule has 0 aromatic carbocycles. The lowest BCUT2D eigenvalue weighted by atomic mass is 9.89. The van der Waals surface area contributed by atoms with Gasteiger partial charge in [-0.15, -0.1) is 11.8 Å². The topological polar surface area (TPSA) is 186 Å². The summed E-state index contributed by atoms with van der Waals surface area (Å²) >= 11 is 1.42. The van der Waals surface area contributed by atoms with Gasteiger partial charge >= 0.3 is 0 Å². The van der Waals surface area contributed by atoms with Crippen LogP contribution in [-0.2, 0) is 23.9 Å². The highest BCUT2D eigenvalue weighted by Crippen LogP contribution is 2.29. The van der Waals surface area contributed by atoms with Crippen molar-refractivity contribution in [1.82, 2.24) is 21.3 Å². The van der Waals surface area contributed by atoms with Gasteiger partial charge in [-0.25, -0.2) is 0 Å². The third-order valence-electron chi connectivity index (χ3n) is 8.43. The van der Waals surface area contributed by atoms with Crippen molar-refractivity contribution >= 4 is 35.4 Å². The summed E-state index contributed by atoms with van der Waals surface area (Å²) in [7, 11) is 0. The molecule has 0 bridgehead atoms. The molecule has 0 spiro atoms. The van der Waals surface area contributed by atoms with Gasteiger partial charge in [-0.05, 0) is 57.1 Å². The fourth-order valence-corrected chi connectivity index (χ4v) is 7.00. The normalized spacial score (nSPS) is 23.7. The maximum atomic E-state index is 12.1. The van der Waals surface area contributed by atoms with Crippen LogP contribution >= 0.6 is 11.8 Å². The van der Waals surface area contributed by atoms with Crippen molar-refractivity contribution < 1.29 is 39.2 Å². The molecule has 5 atom stereocenters. The Hall–Kier alpha value is -1.93. The summed E-state index contributed by atoms with van der Waals surface area (Å²) in [5.41, 5.74) is -0.584. The standard InChI is InChI=1S/C32H58N4O8S/c1-23(38)36-28-30(42)29(41)25(22-37)44-32(28)45-21-13-5-12-19-34-27(40)16-8-3-10-18-33-26(39)17-9-4-11-20-35-31(43)24-14-6-2-7-15-24/h24-25,28-30,32,37,41-42H,2-22H2,1H3,(H,33,39)(H,34,40)(H,35,43)(H,36,38). The highest BCUT2D eigenvalue weighted by atomic mass is 32.2. The number of hydrogen-bond acceptors (Lipinski definition) is 9. The maximum absolute atomic E-state index is 12.1. The van der Waals surface area contributed by atoms with Crippen molar-refractivity contribution in [2.45, 2.75) is 139 Å². The molecule has 0 radical (unpaired) electrons. The van der Waals surface area contributed by atoms with Gasteiger partial charge in [0.1, 0.15) is 23.7 Å². The fraction of sp³-hybridized carbons (Fsp3) is 0.875. The Morgan fingerprint density at radius 1 is 0.733 bits per heavy atom. The maximum Gasteiger partial charge on any atom is 0.223 e. The number of carbonyl (C=O) groups is 4. The number of amides is 4. The van der Waals surface area contributed by atoms with Gasteiger partial charge in [-0.3, -0.25) is 19.2 Å². The number of aliphatic hydroxyl groups excluding tert-OH is 3. The van der Waals surface area contributed by atoms with E-state index in [-0.39, 0.29) is 29.5 Å². The first kappa shape index (κ1) is 39.2. The first-order chi connectivity index (χ1) is 21.7. The van der Waals surface area contributed by atoms with Gasteiger partial charge in [0.25, 0.3) is 0 Å². The molecule has 0 aromatic rings. The van der Waals surface area contributed by atoms with Gasteiger partial charge in [-0.2, -0.15) is 0 Å². The van der Waals surface area contributed by atoms with Gasteiger partial charge in [-0.1, -0.05) is 38.5 Å². The largest absolute Gasteiger partial charge is 0.394 e. The summed E-state index contributed by atoms with van der Waals surface area (Å²) < 4.78 is 5.71. The minimum Gasteiger partial charge on any atom is -0.394 e. The molecule has 12 nitrogen and oxygen atoms in total. The van der Waals surface area contributed by atoms with E-state index in [0.717, 1.165) is 83.5 Å². The average Bonchev–Trinajstić information content (AvgIpc) is 3.03. The zero-order chi connectivity index (χ0) is 32.9. The van der Waals surface area contributed by atoms with E-state index in [4.69, 9.17) is 4.74 Å². The van der Waals surface area contributed by atoms with Crippen LogP contribution in [0.25, 0.3) is 0 Å². The van der Waals surface area contributed by atoms with Crippen LogP contribution < -0.4 is 21.3 Å². The van der Waals surface area contributed by atoms with Crippen molar-refractivity contribution in [3.05, 3.63) is 0 Å². The molecule has 45 heavy (non-hydrogen) atoms. The Morgan fingerprint density at radius 3 is 1.84 bits per heavy atom. The van der Waals surface area contributed by atoms with E-state index in [1.807, 2.05) is 0 Å². The molecule has 5 unspecified atom stereocenters. The van der Waals surface area contributed by atoms with Crippen molar-refractivity contribution in [2.75, 3.05) is 32.0 Å². The highest BCUT2D eigenvalue weighted by Gasteiger charge is 2.44. The van der Waals surface area contributed by atoms with Gasteiger partial charge in [0, 0.05) is 45.3 Å². The van der Waals surface area contributed by atoms with Crippen molar-refractivity contribution in [3.8, 4) is 0 Å². The second-order valence-electron chi connectivity index (χ2n) is 12.3. The van der Waals surface area contributed by atoms with Crippen molar-refractivity contribution in [2.24, 2.45) is 5.92 Å². The molecule has 2 aliphatic rings. The molecule has 1 saturated heterocycles. The third-order valence-corrected chi connectivity index (χ3v) is 9.69. The number of thioether (sulfide) groups is 1.